The Balaban J connectivity index is 0.000000316. The number of hydroxylamine groups is 2. The van der Waals surface area contributed by atoms with Crippen molar-refractivity contribution in [1.82, 2.24) is 10.0 Å². The van der Waals surface area contributed by atoms with Gasteiger partial charge in [-0.05, 0) is 12.1 Å². The highest BCUT2D eigenvalue weighted by Gasteiger charge is 2.18. The number of halogens is 1. The molecule has 19 heavy (non-hydrogen) atoms. The average molecular weight is 269 g/mol. The Morgan fingerprint density at radius 2 is 2.32 bits per heavy atom. The maximum absolute atomic E-state index is 11.8. The third-order valence-corrected chi connectivity index (χ3v) is 2.08. The first kappa shape index (κ1) is 17.5. The minimum Gasteiger partial charge on any atom is -0.383 e. The Morgan fingerprint density at radius 3 is 2.68 bits per heavy atom. The number of nitrogens with two attached hydrogens (primary N) is 1. The van der Waals surface area contributed by atoms with E-state index in [2.05, 4.69) is 17.8 Å². The third kappa shape index (κ3) is 9.11. The van der Waals surface area contributed by atoms with Crippen LogP contribution in [0.3, 0.4) is 0 Å². The number of ether oxygens (including phenoxy) is 1. The van der Waals surface area contributed by atoms with Crippen molar-refractivity contribution in [2.45, 2.75) is 6.04 Å². The van der Waals surface area contributed by atoms with Crippen LogP contribution in [0.25, 0.3) is 0 Å². The summed E-state index contributed by atoms with van der Waals surface area (Å²) in [6.07, 6.45) is 9.41. The van der Waals surface area contributed by atoms with E-state index < -0.39 is 5.95 Å². The van der Waals surface area contributed by atoms with Crippen molar-refractivity contribution in [1.29, 1.82) is 0 Å². The number of pyridine rings is 1. The summed E-state index contributed by atoms with van der Waals surface area (Å²) in [7, 11) is 1.68. The first-order chi connectivity index (χ1) is 9.22. The lowest BCUT2D eigenvalue weighted by Gasteiger charge is -2.11. The molecule has 1 aromatic heterocycles. The molecule has 0 aromatic carbocycles. The fourth-order valence-corrected chi connectivity index (χ4v) is 1.26. The molecule has 6 heteroatoms. The minimum atomic E-state index is -0.428. The SMILES string of the molecule is C#C.COCCN1C[C@@H](N)CO1.Fc1ccccn1. The van der Waals surface area contributed by atoms with Crippen molar-refractivity contribution in [3.8, 4) is 12.8 Å². The lowest BCUT2D eigenvalue weighted by Crippen LogP contribution is -2.29. The van der Waals surface area contributed by atoms with Crippen molar-refractivity contribution in [2.24, 2.45) is 5.73 Å². The predicted octanol–water partition coefficient (Wildman–Crippen LogP) is 0.677. The van der Waals surface area contributed by atoms with E-state index in [4.69, 9.17) is 15.3 Å². The highest BCUT2D eigenvalue weighted by atomic mass is 19.1. The van der Waals surface area contributed by atoms with Gasteiger partial charge in [-0.25, -0.2) is 4.98 Å². The highest BCUT2D eigenvalue weighted by Crippen LogP contribution is 2.01. The molecule has 1 aromatic rings. The molecule has 0 radical (unpaired) electrons. The van der Waals surface area contributed by atoms with Crippen LogP contribution in [0.5, 0.6) is 0 Å². The van der Waals surface area contributed by atoms with E-state index in [9.17, 15) is 4.39 Å². The monoisotopic (exact) mass is 269 g/mol. The van der Waals surface area contributed by atoms with Gasteiger partial charge in [0.15, 0.2) is 0 Å². The number of terminal acetylenes is 1. The van der Waals surface area contributed by atoms with Gasteiger partial charge in [0.1, 0.15) is 0 Å². The number of nitrogens with zero attached hydrogens (tertiary/aromatic N) is 2. The quantitative estimate of drug-likeness (QED) is 0.646. The lowest BCUT2D eigenvalue weighted by atomic mass is 10.3. The highest BCUT2D eigenvalue weighted by molar-refractivity contribution is 4.90. The predicted molar refractivity (Wildman–Crippen MR) is 71.5 cm³/mol. The standard InChI is InChI=1S/C6H14N2O2.C5H4FN.C2H2/c1-9-3-2-8-4-6(7)5-10-8;6-5-3-1-2-4-7-5;1-2/h6H,2-5,7H2,1H3;1-4H;1-2H/t6-;;/m1../s1. The molecule has 2 N–H and O–H groups in total. The molecule has 1 saturated heterocycles. The summed E-state index contributed by atoms with van der Waals surface area (Å²) in [4.78, 5) is 8.51. The largest absolute Gasteiger partial charge is 0.383 e. The maximum Gasteiger partial charge on any atom is 0.212 e. The molecular formula is C13H20FN3O2. The van der Waals surface area contributed by atoms with Crippen LogP contribution in [0.4, 0.5) is 4.39 Å². The van der Waals surface area contributed by atoms with Gasteiger partial charge in [-0.3, -0.25) is 4.84 Å². The van der Waals surface area contributed by atoms with E-state index in [1.807, 2.05) is 5.06 Å². The molecule has 1 atom stereocenters. The van der Waals surface area contributed by atoms with E-state index in [1.165, 1.54) is 12.3 Å². The van der Waals surface area contributed by atoms with Gasteiger partial charge in [-0.1, -0.05) is 6.07 Å². The number of methoxy groups -OCH3 is 1. The van der Waals surface area contributed by atoms with Crippen LogP contribution in [-0.4, -0.2) is 49.5 Å². The molecule has 2 rings (SSSR count). The Morgan fingerprint density at radius 1 is 1.58 bits per heavy atom. The first-order valence-electron chi connectivity index (χ1n) is 5.74. The Kier molecular flexibility index (Phi) is 10.6. The van der Waals surface area contributed by atoms with Crippen LogP contribution in [0.1, 0.15) is 0 Å². The summed E-state index contributed by atoms with van der Waals surface area (Å²) < 4.78 is 16.7. The van der Waals surface area contributed by atoms with Crippen LogP contribution in [-0.2, 0) is 9.57 Å². The number of hydrogen-bond acceptors (Lipinski definition) is 5. The second kappa shape index (κ2) is 11.6. The van der Waals surface area contributed by atoms with Crippen molar-refractivity contribution in [2.75, 3.05) is 33.4 Å². The maximum atomic E-state index is 11.8. The molecule has 1 aliphatic heterocycles. The van der Waals surface area contributed by atoms with Crippen LogP contribution < -0.4 is 5.73 Å². The first-order valence-corrected chi connectivity index (χ1v) is 5.74. The average Bonchev–Trinajstić information content (AvgIpc) is 2.86. The van der Waals surface area contributed by atoms with Crippen LogP contribution >= 0.6 is 0 Å². The normalized spacial score (nSPS) is 17.8. The summed E-state index contributed by atoms with van der Waals surface area (Å²) in [5, 5.41) is 1.84. The summed E-state index contributed by atoms with van der Waals surface area (Å²) in [5.74, 6) is -0.428. The zero-order chi connectivity index (χ0) is 14.5. The molecule has 1 fully saturated rings. The van der Waals surface area contributed by atoms with Gasteiger partial charge in [-0.2, -0.15) is 9.45 Å². The molecule has 0 unspecified atom stereocenters. The van der Waals surface area contributed by atoms with Crippen molar-refractivity contribution in [3.63, 3.8) is 0 Å². The fourth-order valence-electron chi connectivity index (χ4n) is 1.26. The number of rotatable bonds is 3. The summed E-state index contributed by atoms with van der Waals surface area (Å²) in [6.45, 7) is 2.98. The van der Waals surface area contributed by atoms with Gasteiger partial charge in [0.05, 0.1) is 13.2 Å². The summed E-state index contributed by atoms with van der Waals surface area (Å²) >= 11 is 0. The molecule has 2 heterocycles. The van der Waals surface area contributed by atoms with E-state index in [0.717, 1.165) is 13.1 Å². The van der Waals surface area contributed by atoms with Crippen molar-refractivity contribution >= 4 is 0 Å². The molecule has 0 spiro atoms. The smallest absolute Gasteiger partial charge is 0.212 e. The van der Waals surface area contributed by atoms with Crippen LogP contribution in [0.15, 0.2) is 24.4 Å². The molecule has 0 bridgehead atoms. The van der Waals surface area contributed by atoms with Crippen molar-refractivity contribution < 1.29 is 14.0 Å². The van der Waals surface area contributed by atoms with E-state index in [1.54, 1.807) is 19.2 Å². The number of aromatic nitrogens is 1. The molecule has 106 valence electrons. The summed E-state index contributed by atoms with van der Waals surface area (Å²) in [6, 6.07) is 4.75. The van der Waals surface area contributed by atoms with Crippen molar-refractivity contribution in [3.05, 3.63) is 30.3 Å². The van der Waals surface area contributed by atoms with E-state index in [0.29, 0.717) is 13.2 Å². The van der Waals surface area contributed by atoms with E-state index >= 15 is 0 Å². The lowest BCUT2D eigenvalue weighted by molar-refractivity contribution is -0.118. The van der Waals surface area contributed by atoms with Gasteiger partial charge in [0.25, 0.3) is 0 Å². The van der Waals surface area contributed by atoms with Crippen LogP contribution in [0, 0.1) is 18.8 Å². The molecule has 0 amide bonds. The van der Waals surface area contributed by atoms with Crippen LogP contribution in [0.2, 0.25) is 0 Å². The van der Waals surface area contributed by atoms with Gasteiger partial charge < -0.3 is 10.5 Å². The van der Waals surface area contributed by atoms with Gasteiger partial charge in [0, 0.05) is 32.4 Å². The molecule has 0 aliphatic carbocycles. The zero-order valence-corrected chi connectivity index (χ0v) is 11.0. The Hall–Kier alpha value is -1.52. The van der Waals surface area contributed by atoms with Gasteiger partial charge >= 0.3 is 0 Å². The number of hydrogen-bond donors (Lipinski definition) is 1. The topological polar surface area (TPSA) is 60.6 Å². The second-order valence-electron chi connectivity index (χ2n) is 3.59. The molecule has 1 aliphatic rings. The summed E-state index contributed by atoms with van der Waals surface area (Å²) in [5.41, 5.74) is 5.59. The van der Waals surface area contributed by atoms with Gasteiger partial charge in [-0.15, -0.1) is 12.8 Å². The fraction of sp³-hybridized carbons (Fsp3) is 0.462. The minimum absolute atomic E-state index is 0.178. The molecule has 5 nitrogen and oxygen atoms in total. The zero-order valence-electron chi connectivity index (χ0n) is 11.0. The third-order valence-electron chi connectivity index (χ3n) is 2.08. The second-order valence-corrected chi connectivity index (χ2v) is 3.59. The van der Waals surface area contributed by atoms with E-state index in [-0.39, 0.29) is 6.04 Å². The Labute approximate surface area is 113 Å². The molecule has 0 saturated carbocycles. The Bertz CT molecular complexity index is 335. The van der Waals surface area contributed by atoms with Gasteiger partial charge in [0.2, 0.25) is 5.95 Å². The molecular weight excluding hydrogens is 249 g/mol.